The molecule has 0 unspecified atom stereocenters. The lowest BCUT2D eigenvalue weighted by atomic mass is 10.2. The van der Waals surface area contributed by atoms with Gasteiger partial charge in [-0.05, 0) is 30.7 Å². The second kappa shape index (κ2) is 7.24. The molecule has 0 aliphatic rings. The molecule has 0 saturated carbocycles. The molecular formula is C18H19N3OS. The molecule has 5 heteroatoms. The van der Waals surface area contributed by atoms with Crippen LogP contribution in [0.4, 0.5) is 10.5 Å². The SMILES string of the molecule is CCCCNC(=O)Nc1ccccc1-c1nc2ccccc2s1. The first kappa shape index (κ1) is 15.5. The number of nitrogens with zero attached hydrogens (tertiary/aromatic N) is 1. The van der Waals surface area contributed by atoms with Gasteiger partial charge < -0.3 is 10.6 Å². The Balaban J connectivity index is 1.84. The largest absolute Gasteiger partial charge is 0.338 e. The number of nitrogens with one attached hydrogen (secondary N) is 2. The number of hydrogen-bond donors (Lipinski definition) is 2. The van der Waals surface area contributed by atoms with Gasteiger partial charge in [0.1, 0.15) is 5.01 Å². The van der Waals surface area contributed by atoms with Crippen LogP contribution in [0.5, 0.6) is 0 Å². The Bertz CT molecular complexity index is 780. The van der Waals surface area contributed by atoms with E-state index in [0.29, 0.717) is 6.54 Å². The van der Waals surface area contributed by atoms with E-state index >= 15 is 0 Å². The van der Waals surface area contributed by atoms with Crippen molar-refractivity contribution in [1.29, 1.82) is 0 Å². The number of hydrogen-bond acceptors (Lipinski definition) is 3. The van der Waals surface area contributed by atoms with Crippen molar-refractivity contribution in [3.05, 3.63) is 48.5 Å². The van der Waals surface area contributed by atoms with Gasteiger partial charge in [-0.3, -0.25) is 0 Å². The van der Waals surface area contributed by atoms with Crippen LogP contribution in [0.2, 0.25) is 0 Å². The molecule has 2 amide bonds. The first-order valence-electron chi connectivity index (χ1n) is 7.77. The van der Waals surface area contributed by atoms with Crippen molar-refractivity contribution in [3.63, 3.8) is 0 Å². The third-order valence-electron chi connectivity index (χ3n) is 3.52. The fourth-order valence-electron chi connectivity index (χ4n) is 2.31. The number of anilines is 1. The number of aromatic nitrogens is 1. The maximum Gasteiger partial charge on any atom is 0.319 e. The summed E-state index contributed by atoms with van der Waals surface area (Å²) in [4.78, 5) is 16.7. The lowest BCUT2D eigenvalue weighted by molar-refractivity contribution is 0.252. The molecule has 1 heterocycles. The zero-order valence-corrected chi connectivity index (χ0v) is 13.8. The quantitative estimate of drug-likeness (QED) is 0.657. The number of amides is 2. The van der Waals surface area contributed by atoms with Gasteiger partial charge in [-0.1, -0.05) is 37.6 Å². The Hall–Kier alpha value is -2.40. The third kappa shape index (κ3) is 3.68. The fraction of sp³-hybridized carbons (Fsp3) is 0.222. The molecule has 2 N–H and O–H groups in total. The normalized spacial score (nSPS) is 10.7. The number of urea groups is 1. The van der Waals surface area contributed by atoms with Crippen molar-refractivity contribution < 1.29 is 4.79 Å². The maximum absolute atomic E-state index is 12.0. The lowest BCUT2D eigenvalue weighted by Crippen LogP contribution is -2.29. The summed E-state index contributed by atoms with van der Waals surface area (Å²) in [6.45, 7) is 2.79. The van der Waals surface area contributed by atoms with Gasteiger partial charge in [0.25, 0.3) is 0 Å². The predicted octanol–water partition coefficient (Wildman–Crippen LogP) is 4.88. The molecule has 0 fully saturated rings. The minimum atomic E-state index is -0.174. The van der Waals surface area contributed by atoms with Gasteiger partial charge in [-0.2, -0.15) is 0 Å². The molecule has 0 saturated heterocycles. The van der Waals surface area contributed by atoms with Crippen LogP contribution >= 0.6 is 11.3 Å². The summed E-state index contributed by atoms with van der Waals surface area (Å²) in [7, 11) is 0. The molecule has 0 bridgehead atoms. The van der Waals surface area contributed by atoms with Crippen LogP contribution in [0.3, 0.4) is 0 Å². The molecule has 0 spiro atoms. The number of rotatable bonds is 5. The maximum atomic E-state index is 12.0. The topological polar surface area (TPSA) is 54.0 Å². The van der Waals surface area contributed by atoms with E-state index in [1.54, 1.807) is 11.3 Å². The van der Waals surface area contributed by atoms with Crippen LogP contribution in [0.15, 0.2) is 48.5 Å². The Kier molecular flexibility index (Phi) is 4.88. The smallest absolute Gasteiger partial charge is 0.319 e. The van der Waals surface area contributed by atoms with Crippen molar-refractivity contribution >= 4 is 33.3 Å². The van der Waals surface area contributed by atoms with Crippen LogP contribution in [-0.2, 0) is 0 Å². The first-order valence-corrected chi connectivity index (χ1v) is 8.59. The monoisotopic (exact) mass is 325 g/mol. The first-order chi connectivity index (χ1) is 11.3. The molecule has 0 radical (unpaired) electrons. The average molecular weight is 325 g/mol. The van der Waals surface area contributed by atoms with E-state index in [0.717, 1.165) is 39.3 Å². The van der Waals surface area contributed by atoms with E-state index in [9.17, 15) is 4.79 Å². The summed E-state index contributed by atoms with van der Waals surface area (Å²) >= 11 is 1.63. The van der Waals surface area contributed by atoms with E-state index < -0.39 is 0 Å². The zero-order valence-electron chi connectivity index (χ0n) is 13.0. The molecule has 0 aliphatic carbocycles. The number of unbranched alkanes of at least 4 members (excludes halogenated alkanes) is 1. The summed E-state index contributed by atoms with van der Waals surface area (Å²) in [5.74, 6) is 0. The van der Waals surface area contributed by atoms with Gasteiger partial charge in [0, 0.05) is 12.1 Å². The third-order valence-corrected chi connectivity index (χ3v) is 4.59. The van der Waals surface area contributed by atoms with Gasteiger partial charge in [-0.15, -0.1) is 11.3 Å². The van der Waals surface area contributed by atoms with Crippen molar-refractivity contribution in [2.75, 3.05) is 11.9 Å². The number of carbonyl (C=O) groups excluding carboxylic acids is 1. The van der Waals surface area contributed by atoms with Crippen molar-refractivity contribution in [3.8, 4) is 10.6 Å². The standard InChI is InChI=1S/C18H19N3OS/c1-2-3-12-19-18(22)21-14-9-5-4-8-13(14)17-20-15-10-6-7-11-16(15)23-17/h4-11H,2-3,12H2,1H3,(H2,19,21,22). The van der Waals surface area contributed by atoms with E-state index in [4.69, 9.17) is 0 Å². The van der Waals surface area contributed by atoms with Gasteiger partial charge in [-0.25, -0.2) is 9.78 Å². The second-order valence-electron chi connectivity index (χ2n) is 5.27. The molecule has 3 aromatic rings. The van der Waals surface area contributed by atoms with Crippen LogP contribution in [0, 0.1) is 0 Å². The number of carbonyl (C=O) groups is 1. The van der Waals surface area contributed by atoms with Gasteiger partial charge >= 0.3 is 6.03 Å². The highest BCUT2D eigenvalue weighted by Gasteiger charge is 2.11. The van der Waals surface area contributed by atoms with Crippen LogP contribution in [0.1, 0.15) is 19.8 Å². The summed E-state index contributed by atoms with van der Waals surface area (Å²) in [5, 5.41) is 6.71. The molecule has 1 aromatic heterocycles. The Morgan fingerprint density at radius 2 is 1.91 bits per heavy atom. The summed E-state index contributed by atoms with van der Waals surface area (Å²) in [6, 6.07) is 15.6. The second-order valence-corrected chi connectivity index (χ2v) is 6.30. The zero-order chi connectivity index (χ0) is 16.1. The number of para-hydroxylation sites is 2. The van der Waals surface area contributed by atoms with E-state index in [-0.39, 0.29) is 6.03 Å². The minimum absolute atomic E-state index is 0.174. The summed E-state index contributed by atoms with van der Waals surface area (Å²) < 4.78 is 1.14. The van der Waals surface area contributed by atoms with Crippen molar-refractivity contribution in [2.24, 2.45) is 0 Å². The molecule has 3 rings (SSSR count). The Morgan fingerprint density at radius 3 is 2.74 bits per heavy atom. The molecular weight excluding hydrogens is 306 g/mol. The van der Waals surface area contributed by atoms with Gasteiger partial charge in [0.05, 0.1) is 15.9 Å². The average Bonchev–Trinajstić information content (AvgIpc) is 2.99. The van der Waals surface area contributed by atoms with E-state index in [1.807, 2.05) is 42.5 Å². The highest BCUT2D eigenvalue weighted by atomic mass is 32.1. The van der Waals surface area contributed by atoms with Gasteiger partial charge in [0.2, 0.25) is 0 Å². The summed E-state index contributed by atoms with van der Waals surface area (Å²) in [5.41, 5.74) is 2.70. The number of fused-ring (bicyclic) bond motifs is 1. The summed E-state index contributed by atoms with van der Waals surface area (Å²) in [6.07, 6.45) is 2.04. The number of thiazole rings is 1. The van der Waals surface area contributed by atoms with E-state index in [2.05, 4.69) is 28.6 Å². The Labute approximate surface area is 139 Å². The van der Waals surface area contributed by atoms with Crippen LogP contribution < -0.4 is 10.6 Å². The van der Waals surface area contributed by atoms with Gasteiger partial charge in [0.15, 0.2) is 0 Å². The predicted molar refractivity (Wildman–Crippen MR) is 97.0 cm³/mol. The van der Waals surface area contributed by atoms with Crippen molar-refractivity contribution in [2.45, 2.75) is 19.8 Å². The molecule has 2 aromatic carbocycles. The molecule has 0 aliphatic heterocycles. The highest BCUT2D eigenvalue weighted by Crippen LogP contribution is 2.34. The molecule has 4 nitrogen and oxygen atoms in total. The Morgan fingerprint density at radius 1 is 1.13 bits per heavy atom. The van der Waals surface area contributed by atoms with E-state index in [1.165, 1.54) is 0 Å². The molecule has 0 atom stereocenters. The number of benzene rings is 2. The molecule has 23 heavy (non-hydrogen) atoms. The minimum Gasteiger partial charge on any atom is -0.338 e. The van der Waals surface area contributed by atoms with Crippen LogP contribution in [-0.4, -0.2) is 17.6 Å². The van der Waals surface area contributed by atoms with Crippen LogP contribution in [0.25, 0.3) is 20.8 Å². The fourth-order valence-corrected chi connectivity index (χ4v) is 3.32. The molecule has 118 valence electrons. The van der Waals surface area contributed by atoms with Crippen molar-refractivity contribution in [1.82, 2.24) is 10.3 Å². The highest BCUT2D eigenvalue weighted by molar-refractivity contribution is 7.21. The lowest BCUT2D eigenvalue weighted by Gasteiger charge is -2.10.